The molecule has 0 spiro atoms. The van der Waals surface area contributed by atoms with Gasteiger partial charge in [-0.25, -0.2) is 4.98 Å². The summed E-state index contributed by atoms with van der Waals surface area (Å²) in [5, 5.41) is 4.52. The fraction of sp³-hybridized carbons (Fsp3) is 0.357. The van der Waals surface area contributed by atoms with Crippen LogP contribution in [0.5, 0.6) is 5.75 Å². The van der Waals surface area contributed by atoms with E-state index in [1.807, 2.05) is 19.2 Å². The van der Waals surface area contributed by atoms with Gasteiger partial charge in [-0.1, -0.05) is 15.9 Å². The van der Waals surface area contributed by atoms with E-state index in [-0.39, 0.29) is 0 Å². The van der Waals surface area contributed by atoms with Gasteiger partial charge in [0.25, 0.3) is 0 Å². The van der Waals surface area contributed by atoms with E-state index in [2.05, 4.69) is 55.2 Å². The molecule has 0 unspecified atom stereocenters. The van der Waals surface area contributed by atoms with Crippen LogP contribution in [-0.4, -0.2) is 11.6 Å². The van der Waals surface area contributed by atoms with Crippen LogP contribution in [0.1, 0.15) is 22.4 Å². The summed E-state index contributed by atoms with van der Waals surface area (Å²) < 4.78 is 7.71. The van der Waals surface area contributed by atoms with Gasteiger partial charge in [0.2, 0.25) is 0 Å². The minimum absolute atomic E-state index is 0.652. The lowest BCUT2D eigenvalue weighted by Crippen LogP contribution is -2.13. The van der Waals surface area contributed by atoms with Crippen molar-refractivity contribution >= 4 is 43.2 Å². The molecule has 2 aromatic rings. The normalized spacial score (nSPS) is 10.8. The molecule has 0 aliphatic heterocycles. The van der Waals surface area contributed by atoms with Gasteiger partial charge in [0.15, 0.2) is 0 Å². The fourth-order valence-electron chi connectivity index (χ4n) is 1.84. The number of ether oxygens (including phenoxy) is 1. The molecule has 0 amide bonds. The lowest BCUT2D eigenvalue weighted by Gasteiger charge is -2.13. The van der Waals surface area contributed by atoms with Gasteiger partial charge < -0.3 is 10.1 Å². The number of thiazole rings is 1. The first kappa shape index (κ1) is 15.9. The van der Waals surface area contributed by atoms with Gasteiger partial charge in [-0.05, 0) is 41.9 Å². The predicted molar refractivity (Wildman–Crippen MR) is 90.4 cm³/mol. The Morgan fingerprint density at radius 1 is 1.30 bits per heavy atom. The summed E-state index contributed by atoms with van der Waals surface area (Å²) >= 11 is 8.78. The number of aryl methyl sites for hydroxylation is 1. The zero-order valence-corrected chi connectivity index (χ0v) is 15.4. The van der Waals surface area contributed by atoms with Crippen molar-refractivity contribution in [1.29, 1.82) is 0 Å². The first-order valence-corrected chi connectivity index (χ1v) is 8.73. The second-order valence-electron chi connectivity index (χ2n) is 4.28. The van der Waals surface area contributed by atoms with Gasteiger partial charge in [0, 0.05) is 34.2 Å². The molecule has 2 rings (SSSR count). The maximum Gasteiger partial charge on any atom is 0.138 e. The van der Waals surface area contributed by atoms with E-state index in [1.165, 1.54) is 4.88 Å². The van der Waals surface area contributed by atoms with Gasteiger partial charge in [-0.15, -0.1) is 11.3 Å². The Kier molecular flexibility index (Phi) is 6.01. The van der Waals surface area contributed by atoms with Crippen molar-refractivity contribution in [2.24, 2.45) is 0 Å². The van der Waals surface area contributed by atoms with E-state index >= 15 is 0 Å². The van der Waals surface area contributed by atoms with E-state index in [4.69, 9.17) is 4.74 Å². The highest BCUT2D eigenvalue weighted by Gasteiger charge is 2.10. The SMILES string of the molecule is CCOc1c(Br)cc(Br)cc1CNCc1ncc(C)s1. The van der Waals surface area contributed by atoms with Gasteiger partial charge >= 0.3 is 0 Å². The summed E-state index contributed by atoms with van der Waals surface area (Å²) in [6.45, 7) is 6.23. The molecule has 1 heterocycles. The molecule has 108 valence electrons. The molecule has 3 nitrogen and oxygen atoms in total. The highest BCUT2D eigenvalue weighted by molar-refractivity contribution is 9.11. The van der Waals surface area contributed by atoms with Crippen LogP contribution in [-0.2, 0) is 13.1 Å². The molecule has 0 atom stereocenters. The average molecular weight is 420 g/mol. The summed E-state index contributed by atoms with van der Waals surface area (Å²) in [6.07, 6.45) is 1.91. The molecule has 6 heteroatoms. The second kappa shape index (κ2) is 7.54. The van der Waals surface area contributed by atoms with Crippen LogP contribution < -0.4 is 10.1 Å². The van der Waals surface area contributed by atoms with Gasteiger partial charge in [0.1, 0.15) is 10.8 Å². The monoisotopic (exact) mass is 418 g/mol. The third-order valence-corrected chi connectivity index (χ3v) is 4.59. The minimum atomic E-state index is 0.652. The Morgan fingerprint density at radius 2 is 2.10 bits per heavy atom. The fourth-order valence-corrected chi connectivity index (χ4v) is 4.02. The smallest absolute Gasteiger partial charge is 0.138 e. The van der Waals surface area contributed by atoms with Crippen molar-refractivity contribution in [3.8, 4) is 5.75 Å². The third kappa shape index (κ3) is 4.28. The van der Waals surface area contributed by atoms with E-state index < -0.39 is 0 Å². The van der Waals surface area contributed by atoms with Gasteiger partial charge in [-0.2, -0.15) is 0 Å². The maximum atomic E-state index is 5.71. The van der Waals surface area contributed by atoms with E-state index in [9.17, 15) is 0 Å². The molecule has 0 aliphatic carbocycles. The molecule has 0 fully saturated rings. The molecule has 0 aliphatic rings. The lowest BCUT2D eigenvalue weighted by atomic mass is 10.2. The number of halogens is 2. The molecule has 0 bridgehead atoms. The number of rotatable bonds is 6. The summed E-state index contributed by atoms with van der Waals surface area (Å²) in [4.78, 5) is 5.59. The van der Waals surface area contributed by atoms with Crippen molar-refractivity contribution in [1.82, 2.24) is 10.3 Å². The molecule has 20 heavy (non-hydrogen) atoms. The van der Waals surface area contributed by atoms with Crippen molar-refractivity contribution in [3.63, 3.8) is 0 Å². The zero-order chi connectivity index (χ0) is 14.5. The van der Waals surface area contributed by atoms with Gasteiger partial charge in [0.05, 0.1) is 11.1 Å². The Morgan fingerprint density at radius 3 is 2.75 bits per heavy atom. The zero-order valence-electron chi connectivity index (χ0n) is 11.4. The van der Waals surface area contributed by atoms with E-state index in [0.717, 1.165) is 38.4 Å². The summed E-state index contributed by atoms with van der Waals surface area (Å²) in [5.74, 6) is 0.901. The molecule has 0 saturated carbocycles. The number of benzene rings is 1. The number of hydrogen-bond donors (Lipinski definition) is 1. The maximum absolute atomic E-state index is 5.71. The third-order valence-electron chi connectivity index (χ3n) is 2.63. The van der Waals surface area contributed by atoms with Crippen LogP contribution in [0.25, 0.3) is 0 Å². The molecule has 0 saturated heterocycles. The van der Waals surface area contributed by atoms with Gasteiger partial charge in [-0.3, -0.25) is 0 Å². The predicted octanol–water partition coefficient (Wildman–Crippen LogP) is 4.67. The quantitative estimate of drug-likeness (QED) is 0.738. The van der Waals surface area contributed by atoms with Crippen LogP contribution in [0.3, 0.4) is 0 Å². The number of nitrogens with one attached hydrogen (secondary N) is 1. The topological polar surface area (TPSA) is 34.1 Å². The first-order chi connectivity index (χ1) is 9.60. The van der Waals surface area contributed by atoms with E-state index in [1.54, 1.807) is 11.3 Å². The Hall–Kier alpha value is -0.430. The molecule has 1 aromatic heterocycles. The molecular formula is C14H16Br2N2OS. The second-order valence-corrected chi connectivity index (χ2v) is 7.37. The minimum Gasteiger partial charge on any atom is -0.492 e. The Labute approximate surface area is 140 Å². The highest BCUT2D eigenvalue weighted by atomic mass is 79.9. The van der Waals surface area contributed by atoms with Crippen molar-refractivity contribution < 1.29 is 4.74 Å². The average Bonchev–Trinajstić information content (AvgIpc) is 2.79. The van der Waals surface area contributed by atoms with Crippen LogP contribution in [0.4, 0.5) is 0 Å². The van der Waals surface area contributed by atoms with Crippen molar-refractivity contribution in [2.75, 3.05) is 6.61 Å². The molecule has 1 aromatic carbocycles. The lowest BCUT2D eigenvalue weighted by molar-refractivity contribution is 0.333. The molecular weight excluding hydrogens is 404 g/mol. The van der Waals surface area contributed by atoms with Crippen LogP contribution in [0, 0.1) is 6.92 Å². The molecule has 0 radical (unpaired) electrons. The standard InChI is InChI=1S/C14H16Br2N2OS/c1-3-19-14-10(4-11(15)5-12(14)16)7-17-8-13-18-6-9(2)20-13/h4-6,17H,3,7-8H2,1-2H3. The summed E-state index contributed by atoms with van der Waals surface area (Å²) in [6, 6.07) is 4.08. The largest absolute Gasteiger partial charge is 0.492 e. The number of hydrogen-bond acceptors (Lipinski definition) is 4. The molecule has 1 N–H and O–H groups in total. The summed E-state index contributed by atoms with van der Waals surface area (Å²) in [5.41, 5.74) is 1.13. The van der Waals surface area contributed by atoms with Crippen LogP contribution in [0.15, 0.2) is 27.3 Å². The first-order valence-electron chi connectivity index (χ1n) is 6.33. The Bertz CT molecular complexity index is 587. The van der Waals surface area contributed by atoms with Crippen LogP contribution >= 0.6 is 43.2 Å². The number of nitrogens with zero attached hydrogens (tertiary/aromatic N) is 1. The summed E-state index contributed by atoms with van der Waals surface area (Å²) in [7, 11) is 0. The van der Waals surface area contributed by atoms with Crippen molar-refractivity contribution in [2.45, 2.75) is 26.9 Å². The van der Waals surface area contributed by atoms with E-state index in [0.29, 0.717) is 6.61 Å². The van der Waals surface area contributed by atoms with Crippen LogP contribution in [0.2, 0.25) is 0 Å². The number of aromatic nitrogens is 1. The highest BCUT2D eigenvalue weighted by Crippen LogP contribution is 2.33. The Balaban J connectivity index is 2.04. The van der Waals surface area contributed by atoms with Crippen molar-refractivity contribution in [3.05, 3.63) is 42.7 Å².